The molecule has 1 heterocycles. The van der Waals surface area contributed by atoms with Crippen LogP contribution < -0.4 is 10.9 Å². The van der Waals surface area contributed by atoms with Gasteiger partial charge in [-0.1, -0.05) is 29.3 Å². The molecule has 38 heavy (non-hydrogen) atoms. The van der Waals surface area contributed by atoms with E-state index in [9.17, 15) is 22.8 Å². The van der Waals surface area contributed by atoms with Gasteiger partial charge in [0.05, 0.1) is 17.8 Å². The van der Waals surface area contributed by atoms with Gasteiger partial charge >= 0.3 is 6.18 Å². The van der Waals surface area contributed by atoms with E-state index in [1.54, 1.807) is 18.2 Å². The molecule has 3 aromatic rings. The fourth-order valence-electron chi connectivity index (χ4n) is 7.09. The molecule has 2 bridgehead atoms. The standard InChI is InChI=1S/C28H26Cl2F3N3O2/c1-26(10-16-8-19-12-27(19,11-16)15-26)34-24(37)22-14-35(13-17-2-5-20(29)9-23(17)30)36(25(22)38)21-6-3-18(4-7-21)28(31,32)33/h2-7,9,14,16,19H,8,10-13,15H2,1H3,(H,34,37). The molecule has 3 aliphatic carbocycles. The van der Waals surface area contributed by atoms with Gasteiger partial charge in [-0.05, 0) is 98.2 Å². The summed E-state index contributed by atoms with van der Waals surface area (Å²) in [5.41, 5.74) is -0.747. The molecule has 2 aromatic carbocycles. The van der Waals surface area contributed by atoms with Crippen LogP contribution in [-0.4, -0.2) is 20.8 Å². The Labute approximate surface area is 227 Å². The molecule has 3 saturated carbocycles. The summed E-state index contributed by atoms with van der Waals surface area (Å²) in [5, 5.41) is 3.96. The zero-order valence-electron chi connectivity index (χ0n) is 20.6. The molecule has 0 radical (unpaired) electrons. The lowest BCUT2D eigenvalue weighted by atomic mass is 9.72. The number of halogens is 5. The van der Waals surface area contributed by atoms with E-state index >= 15 is 0 Å². The third-order valence-corrected chi connectivity index (χ3v) is 9.14. The monoisotopic (exact) mass is 563 g/mol. The van der Waals surface area contributed by atoms with Gasteiger partial charge in [0.15, 0.2) is 0 Å². The molecular formula is C28H26Cl2F3N3O2. The number of fused-ring (bicyclic) bond motifs is 1. The van der Waals surface area contributed by atoms with Gasteiger partial charge < -0.3 is 5.32 Å². The van der Waals surface area contributed by atoms with Gasteiger partial charge in [0, 0.05) is 21.8 Å². The molecule has 10 heteroatoms. The minimum Gasteiger partial charge on any atom is -0.347 e. The van der Waals surface area contributed by atoms with E-state index in [1.807, 2.05) is 0 Å². The fraction of sp³-hybridized carbons (Fsp3) is 0.429. The minimum absolute atomic E-state index is 0.0704. The second kappa shape index (κ2) is 8.65. The lowest BCUT2D eigenvalue weighted by Crippen LogP contribution is -2.51. The minimum atomic E-state index is -4.51. The second-order valence-electron chi connectivity index (χ2n) is 11.5. The fourth-order valence-corrected chi connectivity index (χ4v) is 7.56. The molecule has 1 N–H and O–H groups in total. The Morgan fingerprint density at radius 3 is 2.50 bits per heavy atom. The Balaban J connectivity index is 1.36. The number of aromatic nitrogens is 2. The van der Waals surface area contributed by atoms with Gasteiger partial charge in [-0.2, -0.15) is 13.2 Å². The molecule has 4 atom stereocenters. The Morgan fingerprint density at radius 1 is 1.11 bits per heavy atom. The predicted octanol–water partition coefficient (Wildman–Crippen LogP) is 6.71. The van der Waals surface area contributed by atoms with Crippen molar-refractivity contribution in [2.24, 2.45) is 17.3 Å². The first-order valence-corrected chi connectivity index (χ1v) is 13.4. The quantitative estimate of drug-likeness (QED) is 0.375. The highest BCUT2D eigenvalue weighted by Crippen LogP contribution is 2.72. The number of benzene rings is 2. The molecule has 5 nitrogen and oxygen atoms in total. The Morgan fingerprint density at radius 2 is 1.84 bits per heavy atom. The van der Waals surface area contributed by atoms with E-state index in [2.05, 4.69) is 12.2 Å². The summed E-state index contributed by atoms with van der Waals surface area (Å²) in [7, 11) is 0. The molecule has 3 aliphatic rings. The molecule has 0 saturated heterocycles. The second-order valence-corrected chi connectivity index (χ2v) is 12.3. The van der Waals surface area contributed by atoms with Gasteiger partial charge in [-0.3, -0.25) is 14.3 Å². The topological polar surface area (TPSA) is 56.0 Å². The number of nitrogens with one attached hydrogen (secondary N) is 1. The van der Waals surface area contributed by atoms with Crippen LogP contribution in [0.2, 0.25) is 10.0 Å². The van der Waals surface area contributed by atoms with E-state index in [4.69, 9.17) is 23.2 Å². The highest BCUT2D eigenvalue weighted by atomic mass is 35.5. The van der Waals surface area contributed by atoms with Crippen molar-refractivity contribution in [1.82, 2.24) is 14.7 Å². The number of rotatable bonds is 5. The van der Waals surface area contributed by atoms with Gasteiger partial charge in [0.1, 0.15) is 5.56 Å². The number of alkyl halides is 3. The van der Waals surface area contributed by atoms with Crippen molar-refractivity contribution in [2.75, 3.05) is 0 Å². The van der Waals surface area contributed by atoms with Crippen LogP contribution in [0.5, 0.6) is 0 Å². The molecule has 0 aliphatic heterocycles. The van der Waals surface area contributed by atoms with Crippen LogP contribution in [0, 0.1) is 17.3 Å². The largest absolute Gasteiger partial charge is 0.416 e. The van der Waals surface area contributed by atoms with Crippen LogP contribution in [-0.2, 0) is 12.7 Å². The third-order valence-electron chi connectivity index (χ3n) is 8.56. The summed E-state index contributed by atoms with van der Waals surface area (Å²) in [6.45, 7) is 2.15. The van der Waals surface area contributed by atoms with Gasteiger partial charge in [-0.15, -0.1) is 0 Å². The van der Waals surface area contributed by atoms with Gasteiger partial charge in [-0.25, -0.2) is 4.68 Å². The van der Waals surface area contributed by atoms with Crippen molar-refractivity contribution in [3.8, 4) is 5.69 Å². The van der Waals surface area contributed by atoms with Crippen LogP contribution in [0.25, 0.3) is 5.69 Å². The molecular weight excluding hydrogens is 538 g/mol. The lowest BCUT2D eigenvalue weighted by Gasteiger charge is -2.40. The number of nitrogens with zero attached hydrogens (tertiary/aromatic N) is 2. The highest BCUT2D eigenvalue weighted by Gasteiger charge is 2.65. The molecule has 200 valence electrons. The van der Waals surface area contributed by atoms with E-state index in [0.717, 1.165) is 30.9 Å². The van der Waals surface area contributed by atoms with Crippen molar-refractivity contribution >= 4 is 29.1 Å². The lowest BCUT2D eigenvalue weighted by molar-refractivity contribution is -0.137. The molecule has 3 fully saturated rings. The Bertz CT molecular complexity index is 1500. The molecule has 1 aromatic heterocycles. The summed E-state index contributed by atoms with van der Waals surface area (Å²) >= 11 is 12.4. The first-order chi connectivity index (χ1) is 17.9. The van der Waals surface area contributed by atoms with Gasteiger partial charge in [0.25, 0.3) is 11.5 Å². The first kappa shape index (κ1) is 25.6. The SMILES string of the molecule is CC1(NC(=O)c2cn(Cc3ccc(Cl)cc3Cl)n(-c3ccc(C(F)(F)F)cc3)c2=O)CC2CC3CC3(C2)C1. The number of hydrogen-bond acceptors (Lipinski definition) is 2. The first-order valence-electron chi connectivity index (χ1n) is 12.6. The van der Waals surface area contributed by atoms with Gasteiger partial charge in [0.2, 0.25) is 0 Å². The summed E-state index contributed by atoms with van der Waals surface area (Å²) in [6.07, 6.45) is 2.37. The summed E-state index contributed by atoms with van der Waals surface area (Å²) < 4.78 is 42.2. The summed E-state index contributed by atoms with van der Waals surface area (Å²) in [5.74, 6) is 0.871. The average molecular weight is 564 g/mol. The normalized spacial score (nSPS) is 27.7. The van der Waals surface area contributed by atoms with Crippen LogP contribution in [0.4, 0.5) is 13.2 Å². The Kier molecular flexibility index (Phi) is 5.82. The number of hydrogen-bond donors (Lipinski definition) is 1. The van der Waals surface area contributed by atoms with Crippen molar-refractivity contribution in [3.05, 3.63) is 85.8 Å². The number of amides is 1. The van der Waals surface area contributed by atoms with Crippen LogP contribution in [0.15, 0.2) is 53.5 Å². The van der Waals surface area contributed by atoms with E-state index in [1.165, 1.54) is 47.0 Å². The van der Waals surface area contributed by atoms with Crippen LogP contribution in [0.1, 0.15) is 60.5 Å². The van der Waals surface area contributed by atoms with E-state index in [0.29, 0.717) is 26.9 Å². The molecule has 1 amide bonds. The maximum absolute atomic E-state index is 13.6. The average Bonchev–Trinajstić information content (AvgIpc) is 3.20. The van der Waals surface area contributed by atoms with Crippen LogP contribution in [0.3, 0.4) is 0 Å². The van der Waals surface area contributed by atoms with Crippen molar-refractivity contribution in [3.63, 3.8) is 0 Å². The zero-order chi connectivity index (χ0) is 27.0. The van der Waals surface area contributed by atoms with E-state index < -0.39 is 28.7 Å². The smallest absolute Gasteiger partial charge is 0.347 e. The number of carbonyl (C=O) groups is 1. The summed E-state index contributed by atoms with van der Waals surface area (Å²) in [4.78, 5) is 27.1. The molecule has 4 unspecified atom stereocenters. The third kappa shape index (κ3) is 4.45. The molecule has 1 spiro atoms. The highest BCUT2D eigenvalue weighted by molar-refractivity contribution is 6.35. The maximum atomic E-state index is 13.6. The van der Waals surface area contributed by atoms with Crippen LogP contribution >= 0.6 is 23.2 Å². The van der Waals surface area contributed by atoms with E-state index in [-0.39, 0.29) is 17.8 Å². The predicted molar refractivity (Wildman–Crippen MR) is 139 cm³/mol. The zero-order valence-corrected chi connectivity index (χ0v) is 22.1. The number of carbonyl (C=O) groups excluding carboxylic acids is 1. The van der Waals surface area contributed by atoms with Crippen molar-refractivity contribution in [1.29, 1.82) is 0 Å². The maximum Gasteiger partial charge on any atom is 0.416 e. The molecule has 6 rings (SSSR count). The summed E-state index contributed by atoms with van der Waals surface area (Å²) in [6, 6.07) is 9.20. The van der Waals surface area contributed by atoms with Crippen molar-refractivity contribution in [2.45, 2.75) is 57.3 Å². The van der Waals surface area contributed by atoms with Crippen molar-refractivity contribution < 1.29 is 18.0 Å². The Hall–Kier alpha value is -2.71.